The van der Waals surface area contributed by atoms with Crippen molar-refractivity contribution in [1.82, 2.24) is 9.78 Å². The molecule has 0 amide bonds. The summed E-state index contributed by atoms with van der Waals surface area (Å²) in [6, 6.07) is 4.32. The highest BCUT2D eigenvalue weighted by Crippen LogP contribution is 2.30. The number of alkyl halides is 3. The van der Waals surface area contributed by atoms with Crippen LogP contribution in [0.4, 0.5) is 13.2 Å². The molecule has 0 fully saturated rings. The summed E-state index contributed by atoms with van der Waals surface area (Å²) < 4.78 is 44.3. The minimum Gasteiger partial charge on any atom is -0.487 e. The van der Waals surface area contributed by atoms with Crippen LogP contribution in [0.3, 0.4) is 0 Å². The van der Waals surface area contributed by atoms with Crippen LogP contribution in [0.15, 0.2) is 35.6 Å². The number of aryl methyl sites for hydroxylation is 1. The van der Waals surface area contributed by atoms with E-state index >= 15 is 0 Å². The predicted octanol–water partition coefficient (Wildman–Crippen LogP) is 2.11. The molecule has 0 saturated heterocycles. The summed E-state index contributed by atoms with van der Waals surface area (Å²) in [6.45, 7) is 0.00736. The molecule has 2 aromatic rings. The molecule has 0 bridgehead atoms. The molecular formula is C13H13F3N4O2. The first-order valence-corrected chi connectivity index (χ1v) is 6.11. The van der Waals surface area contributed by atoms with E-state index in [4.69, 9.17) is 15.7 Å². The standard InChI is InChI=1S/C13H13F3N4O2/c1-20-11(10(6-18-20)12(17)19-21)7-22-9-4-2-8(3-5-9)13(14,15)16/h2-6,21H,7H2,1H3,(H2,17,19). The smallest absolute Gasteiger partial charge is 0.416 e. The maximum Gasteiger partial charge on any atom is 0.416 e. The van der Waals surface area contributed by atoms with Gasteiger partial charge in [0, 0.05) is 7.05 Å². The second-order valence-corrected chi connectivity index (χ2v) is 4.42. The van der Waals surface area contributed by atoms with E-state index in [0.717, 1.165) is 12.1 Å². The lowest BCUT2D eigenvalue weighted by Crippen LogP contribution is -2.16. The molecule has 6 nitrogen and oxygen atoms in total. The van der Waals surface area contributed by atoms with Crippen LogP contribution in [-0.4, -0.2) is 20.8 Å². The number of hydrogen-bond acceptors (Lipinski definition) is 4. The number of nitrogens with zero attached hydrogens (tertiary/aromatic N) is 3. The number of amidine groups is 1. The number of rotatable bonds is 4. The third-order valence-electron chi connectivity index (χ3n) is 3.00. The Morgan fingerprint density at radius 3 is 2.55 bits per heavy atom. The zero-order valence-corrected chi connectivity index (χ0v) is 11.5. The van der Waals surface area contributed by atoms with E-state index in [9.17, 15) is 13.2 Å². The van der Waals surface area contributed by atoms with Gasteiger partial charge in [0.15, 0.2) is 5.84 Å². The molecule has 0 aliphatic heterocycles. The van der Waals surface area contributed by atoms with E-state index in [1.807, 2.05) is 0 Å². The number of oxime groups is 1. The van der Waals surface area contributed by atoms with Crippen molar-refractivity contribution in [3.63, 3.8) is 0 Å². The Bertz CT molecular complexity index is 678. The van der Waals surface area contributed by atoms with E-state index in [1.165, 1.54) is 23.0 Å². The first kappa shape index (κ1) is 15.7. The Labute approximate surface area is 123 Å². The third-order valence-corrected chi connectivity index (χ3v) is 3.00. The number of ether oxygens (including phenoxy) is 1. The average Bonchev–Trinajstić information content (AvgIpc) is 2.85. The monoisotopic (exact) mass is 314 g/mol. The SMILES string of the molecule is Cn1ncc(/C(N)=N/O)c1COc1ccc(C(F)(F)F)cc1. The topological polar surface area (TPSA) is 85.7 Å². The molecule has 3 N–H and O–H groups in total. The summed E-state index contributed by atoms with van der Waals surface area (Å²) in [6.07, 6.45) is -2.99. The Kier molecular flexibility index (Phi) is 4.25. The summed E-state index contributed by atoms with van der Waals surface area (Å²) in [5.41, 5.74) is 5.67. The van der Waals surface area contributed by atoms with Gasteiger partial charge < -0.3 is 15.7 Å². The van der Waals surface area contributed by atoms with Crippen molar-refractivity contribution >= 4 is 5.84 Å². The fourth-order valence-electron chi connectivity index (χ4n) is 1.79. The lowest BCUT2D eigenvalue weighted by Gasteiger charge is -2.10. The summed E-state index contributed by atoms with van der Waals surface area (Å²) in [4.78, 5) is 0. The van der Waals surface area contributed by atoms with Gasteiger partial charge >= 0.3 is 6.18 Å². The van der Waals surface area contributed by atoms with Gasteiger partial charge in [-0.3, -0.25) is 4.68 Å². The first-order valence-electron chi connectivity index (χ1n) is 6.11. The lowest BCUT2D eigenvalue weighted by molar-refractivity contribution is -0.137. The largest absolute Gasteiger partial charge is 0.487 e. The van der Waals surface area contributed by atoms with Gasteiger partial charge in [0.2, 0.25) is 0 Å². The molecule has 22 heavy (non-hydrogen) atoms. The molecule has 0 spiro atoms. The minimum absolute atomic E-state index is 0.00736. The van der Waals surface area contributed by atoms with Gasteiger partial charge in [-0.15, -0.1) is 0 Å². The van der Waals surface area contributed by atoms with Crippen LogP contribution >= 0.6 is 0 Å². The number of benzene rings is 1. The predicted molar refractivity (Wildman–Crippen MR) is 71.5 cm³/mol. The highest BCUT2D eigenvalue weighted by molar-refractivity contribution is 5.97. The molecule has 1 heterocycles. The van der Waals surface area contributed by atoms with Crippen molar-refractivity contribution in [3.05, 3.63) is 47.3 Å². The first-order chi connectivity index (χ1) is 10.3. The summed E-state index contributed by atoms with van der Waals surface area (Å²) in [5.74, 6) is 0.138. The number of hydrogen-bond donors (Lipinski definition) is 2. The van der Waals surface area contributed by atoms with E-state index in [2.05, 4.69) is 10.3 Å². The molecule has 0 aliphatic rings. The van der Waals surface area contributed by atoms with Gasteiger partial charge in [-0.25, -0.2) is 0 Å². The lowest BCUT2D eigenvalue weighted by atomic mass is 10.2. The van der Waals surface area contributed by atoms with Gasteiger partial charge in [-0.1, -0.05) is 5.16 Å². The normalized spacial score (nSPS) is 12.5. The van der Waals surface area contributed by atoms with Crippen molar-refractivity contribution in [2.45, 2.75) is 12.8 Å². The molecule has 0 unspecified atom stereocenters. The summed E-state index contributed by atoms with van der Waals surface area (Å²) >= 11 is 0. The van der Waals surface area contributed by atoms with E-state index in [0.29, 0.717) is 11.3 Å². The Morgan fingerprint density at radius 2 is 2.00 bits per heavy atom. The third kappa shape index (κ3) is 3.30. The Balaban J connectivity index is 2.12. The van der Waals surface area contributed by atoms with Crippen molar-refractivity contribution in [1.29, 1.82) is 0 Å². The highest BCUT2D eigenvalue weighted by Gasteiger charge is 2.30. The fourth-order valence-corrected chi connectivity index (χ4v) is 1.79. The Hall–Kier alpha value is -2.71. The van der Waals surface area contributed by atoms with Crippen molar-refractivity contribution in [2.75, 3.05) is 0 Å². The van der Waals surface area contributed by atoms with Crippen LogP contribution in [0.2, 0.25) is 0 Å². The second kappa shape index (κ2) is 5.96. The molecule has 9 heteroatoms. The van der Waals surface area contributed by atoms with Crippen LogP contribution in [0.1, 0.15) is 16.8 Å². The second-order valence-electron chi connectivity index (χ2n) is 4.42. The molecule has 1 aromatic carbocycles. The van der Waals surface area contributed by atoms with Crippen LogP contribution in [0.25, 0.3) is 0 Å². The van der Waals surface area contributed by atoms with Gasteiger partial charge in [0.05, 0.1) is 23.0 Å². The molecule has 2 rings (SSSR count). The highest BCUT2D eigenvalue weighted by atomic mass is 19.4. The Morgan fingerprint density at radius 1 is 1.36 bits per heavy atom. The van der Waals surface area contributed by atoms with E-state index in [-0.39, 0.29) is 18.2 Å². The van der Waals surface area contributed by atoms with Gasteiger partial charge in [-0.2, -0.15) is 18.3 Å². The van der Waals surface area contributed by atoms with Crippen LogP contribution < -0.4 is 10.5 Å². The zero-order valence-electron chi connectivity index (χ0n) is 11.5. The fraction of sp³-hybridized carbons (Fsp3) is 0.231. The molecule has 0 aliphatic carbocycles. The van der Waals surface area contributed by atoms with Crippen molar-refractivity contribution in [2.24, 2.45) is 17.9 Å². The molecule has 1 aromatic heterocycles. The maximum atomic E-state index is 12.5. The molecular weight excluding hydrogens is 301 g/mol. The minimum atomic E-state index is -4.39. The van der Waals surface area contributed by atoms with E-state index < -0.39 is 11.7 Å². The van der Waals surface area contributed by atoms with Gasteiger partial charge in [-0.05, 0) is 24.3 Å². The average molecular weight is 314 g/mol. The van der Waals surface area contributed by atoms with Crippen LogP contribution in [0.5, 0.6) is 5.75 Å². The maximum absolute atomic E-state index is 12.5. The van der Waals surface area contributed by atoms with Crippen LogP contribution in [-0.2, 0) is 19.8 Å². The van der Waals surface area contributed by atoms with Gasteiger partial charge in [0.25, 0.3) is 0 Å². The van der Waals surface area contributed by atoms with E-state index in [1.54, 1.807) is 7.05 Å². The van der Waals surface area contributed by atoms with Crippen molar-refractivity contribution < 1.29 is 23.1 Å². The molecule has 0 saturated carbocycles. The molecule has 0 atom stereocenters. The number of nitrogens with two attached hydrogens (primary N) is 1. The summed E-state index contributed by atoms with van der Waals surface area (Å²) in [5, 5.41) is 15.5. The number of halogens is 3. The van der Waals surface area contributed by atoms with Crippen LogP contribution in [0, 0.1) is 0 Å². The molecule has 0 radical (unpaired) electrons. The number of aromatic nitrogens is 2. The van der Waals surface area contributed by atoms with Crippen molar-refractivity contribution in [3.8, 4) is 5.75 Å². The summed E-state index contributed by atoms with van der Waals surface area (Å²) in [7, 11) is 1.64. The quantitative estimate of drug-likeness (QED) is 0.392. The molecule has 118 valence electrons. The zero-order chi connectivity index (χ0) is 16.3. The van der Waals surface area contributed by atoms with Gasteiger partial charge in [0.1, 0.15) is 12.4 Å².